The highest BCUT2D eigenvalue weighted by atomic mass is 15.3. The fourth-order valence-corrected chi connectivity index (χ4v) is 2.63. The van der Waals surface area contributed by atoms with Crippen molar-refractivity contribution in [3.05, 3.63) is 66.2 Å². The molecule has 2 heterocycles. The van der Waals surface area contributed by atoms with Crippen LogP contribution in [0.4, 0.5) is 0 Å². The Labute approximate surface area is 153 Å². The van der Waals surface area contributed by atoms with E-state index in [9.17, 15) is 0 Å². The molecular weight excluding hydrogens is 326 g/mol. The van der Waals surface area contributed by atoms with Crippen LogP contribution in [0, 0.1) is 0 Å². The molecule has 0 saturated carbocycles. The second kappa shape index (κ2) is 8.84. The second-order valence-electron chi connectivity index (χ2n) is 6.01. The summed E-state index contributed by atoms with van der Waals surface area (Å²) >= 11 is 0. The lowest BCUT2D eigenvalue weighted by molar-refractivity contribution is 0.766. The van der Waals surface area contributed by atoms with Crippen molar-refractivity contribution in [2.45, 2.75) is 19.9 Å². The molecule has 0 saturated heterocycles. The van der Waals surface area contributed by atoms with Crippen LogP contribution in [0.25, 0.3) is 5.69 Å². The average Bonchev–Trinajstić information content (AvgIpc) is 3.32. The Bertz CT molecular complexity index is 816. The summed E-state index contributed by atoms with van der Waals surface area (Å²) in [7, 11) is 1.91. The number of aryl methyl sites for hydroxylation is 1. The molecule has 1 aromatic carbocycles. The molecule has 3 aromatic rings. The molecule has 0 spiro atoms. The van der Waals surface area contributed by atoms with Crippen LogP contribution in [0.1, 0.15) is 18.1 Å². The van der Waals surface area contributed by atoms with E-state index in [2.05, 4.69) is 57.0 Å². The molecule has 7 heteroatoms. The monoisotopic (exact) mass is 351 g/mol. The highest BCUT2D eigenvalue weighted by Gasteiger charge is 2.01. The first-order chi connectivity index (χ1) is 12.7. The van der Waals surface area contributed by atoms with E-state index in [4.69, 9.17) is 0 Å². The maximum Gasteiger partial charge on any atom is 0.191 e. The smallest absolute Gasteiger partial charge is 0.191 e. The van der Waals surface area contributed by atoms with Crippen LogP contribution in [-0.2, 0) is 20.0 Å². The van der Waals surface area contributed by atoms with Crippen LogP contribution >= 0.6 is 0 Å². The summed E-state index contributed by atoms with van der Waals surface area (Å²) in [5.74, 6) is 0.824. The van der Waals surface area contributed by atoms with Gasteiger partial charge in [-0.05, 0) is 37.1 Å². The van der Waals surface area contributed by atoms with Gasteiger partial charge in [0.25, 0.3) is 0 Å². The predicted octanol–water partition coefficient (Wildman–Crippen LogP) is 1.90. The first-order valence-electron chi connectivity index (χ1n) is 8.83. The van der Waals surface area contributed by atoms with Gasteiger partial charge in [-0.25, -0.2) is 9.67 Å². The Balaban J connectivity index is 1.51. The summed E-state index contributed by atoms with van der Waals surface area (Å²) in [5, 5.41) is 15.1. The molecule has 3 rings (SSSR count). The summed E-state index contributed by atoms with van der Waals surface area (Å²) in [6.45, 7) is 4.33. The first kappa shape index (κ1) is 17.7. The fraction of sp³-hybridized carbons (Fsp3) is 0.316. The van der Waals surface area contributed by atoms with Crippen molar-refractivity contribution in [2.24, 2.45) is 12.0 Å². The molecule has 0 aliphatic rings. The Hall–Kier alpha value is -3.09. The number of nitrogens with one attached hydrogen (secondary N) is 2. The Morgan fingerprint density at radius 3 is 2.62 bits per heavy atom. The van der Waals surface area contributed by atoms with E-state index in [1.54, 1.807) is 10.9 Å². The zero-order valence-corrected chi connectivity index (χ0v) is 15.3. The number of rotatable bonds is 7. The lowest BCUT2D eigenvalue weighted by Gasteiger charge is -2.11. The minimum Gasteiger partial charge on any atom is -0.357 e. The van der Waals surface area contributed by atoms with Gasteiger partial charge in [0.2, 0.25) is 0 Å². The summed E-state index contributed by atoms with van der Waals surface area (Å²) in [5.41, 5.74) is 3.44. The molecule has 0 radical (unpaired) electrons. The number of aliphatic imine (C=N–C) groups is 1. The van der Waals surface area contributed by atoms with Crippen molar-refractivity contribution in [2.75, 3.05) is 13.1 Å². The lowest BCUT2D eigenvalue weighted by atomic mass is 10.1. The summed E-state index contributed by atoms with van der Waals surface area (Å²) in [6.07, 6.45) is 8.47. The molecule has 2 aromatic heterocycles. The second-order valence-corrected chi connectivity index (χ2v) is 6.01. The topological polar surface area (TPSA) is 72.1 Å². The van der Waals surface area contributed by atoms with Gasteiger partial charge < -0.3 is 10.6 Å². The lowest BCUT2D eigenvalue weighted by Crippen LogP contribution is -2.38. The maximum absolute atomic E-state index is 4.61. The summed E-state index contributed by atoms with van der Waals surface area (Å²) < 4.78 is 3.65. The summed E-state index contributed by atoms with van der Waals surface area (Å²) in [4.78, 5) is 4.61. The molecule has 0 amide bonds. The van der Waals surface area contributed by atoms with Gasteiger partial charge in [0.05, 0.1) is 18.4 Å². The van der Waals surface area contributed by atoms with E-state index in [1.165, 1.54) is 5.56 Å². The number of guanidine groups is 1. The van der Waals surface area contributed by atoms with Crippen molar-refractivity contribution in [1.82, 2.24) is 30.2 Å². The molecule has 0 aliphatic heterocycles. The van der Waals surface area contributed by atoms with E-state index in [0.717, 1.165) is 36.7 Å². The zero-order valence-electron chi connectivity index (χ0n) is 15.3. The van der Waals surface area contributed by atoms with Crippen molar-refractivity contribution < 1.29 is 0 Å². The first-order valence-corrected chi connectivity index (χ1v) is 8.83. The molecule has 26 heavy (non-hydrogen) atoms. The fourth-order valence-electron chi connectivity index (χ4n) is 2.63. The molecule has 0 bridgehead atoms. The number of hydrogen-bond donors (Lipinski definition) is 2. The van der Waals surface area contributed by atoms with E-state index < -0.39 is 0 Å². The van der Waals surface area contributed by atoms with Gasteiger partial charge in [0, 0.05) is 44.3 Å². The molecule has 0 fully saturated rings. The number of aromatic nitrogens is 4. The highest BCUT2D eigenvalue weighted by Crippen LogP contribution is 2.08. The van der Waals surface area contributed by atoms with Crippen LogP contribution in [0.2, 0.25) is 0 Å². The molecular formula is C19H25N7. The Morgan fingerprint density at radius 1 is 1.12 bits per heavy atom. The van der Waals surface area contributed by atoms with Crippen LogP contribution < -0.4 is 10.6 Å². The Morgan fingerprint density at radius 2 is 1.96 bits per heavy atom. The average molecular weight is 351 g/mol. The molecule has 0 unspecified atom stereocenters. The molecule has 0 aliphatic carbocycles. The van der Waals surface area contributed by atoms with Crippen molar-refractivity contribution in [3.63, 3.8) is 0 Å². The van der Waals surface area contributed by atoms with Crippen LogP contribution in [0.3, 0.4) is 0 Å². The predicted molar refractivity (Wildman–Crippen MR) is 103 cm³/mol. The number of benzene rings is 1. The normalized spacial score (nSPS) is 11.5. The van der Waals surface area contributed by atoms with E-state index in [0.29, 0.717) is 6.54 Å². The highest BCUT2D eigenvalue weighted by molar-refractivity contribution is 5.79. The number of hydrogen-bond acceptors (Lipinski definition) is 3. The maximum atomic E-state index is 4.61. The summed E-state index contributed by atoms with van der Waals surface area (Å²) in [6, 6.07) is 10.4. The van der Waals surface area contributed by atoms with Gasteiger partial charge in [-0.15, -0.1) is 0 Å². The van der Waals surface area contributed by atoms with Gasteiger partial charge in [-0.1, -0.05) is 12.1 Å². The third-order valence-electron chi connectivity index (χ3n) is 3.93. The van der Waals surface area contributed by atoms with Gasteiger partial charge in [-0.2, -0.15) is 10.2 Å². The van der Waals surface area contributed by atoms with Crippen molar-refractivity contribution >= 4 is 5.96 Å². The van der Waals surface area contributed by atoms with Gasteiger partial charge >= 0.3 is 0 Å². The van der Waals surface area contributed by atoms with Crippen molar-refractivity contribution in [1.29, 1.82) is 0 Å². The van der Waals surface area contributed by atoms with Crippen LogP contribution in [-0.4, -0.2) is 38.6 Å². The molecule has 136 valence electrons. The largest absolute Gasteiger partial charge is 0.357 e. The minimum absolute atomic E-state index is 0.613. The Kier molecular flexibility index (Phi) is 6.03. The third-order valence-corrected chi connectivity index (χ3v) is 3.93. The molecule has 2 N–H and O–H groups in total. The van der Waals surface area contributed by atoms with Crippen LogP contribution in [0.5, 0.6) is 0 Å². The SMILES string of the molecule is CCNC(=NCc1cnn(C)c1)NCCc1ccc(-n2cccn2)cc1. The molecule has 7 nitrogen and oxygen atoms in total. The number of nitrogens with zero attached hydrogens (tertiary/aromatic N) is 5. The van der Waals surface area contributed by atoms with E-state index in [1.807, 2.05) is 36.4 Å². The quantitative estimate of drug-likeness (QED) is 0.504. The van der Waals surface area contributed by atoms with Gasteiger partial charge in [0.1, 0.15) is 0 Å². The van der Waals surface area contributed by atoms with Crippen molar-refractivity contribution in [3.8, 4) is 5.69 Å². The molecule has 0 atom stereocenters. The standard InChI is InChI=1S/C19H25N7/c1-3-20-19(22-13-17-14-24-25(2)15-17)21-11-9-16-5-7-18(8-6-16)26-12-4-10-23-26/h4-8,10,12,14-15H,3,9,11,13H2,1-2H3,(H2,20,21,22). The van der Waals surface area contributed by atoms with E-state index in [-0.39, 0.29) is 0 Å². The third kappa shape index (κ3) is 4.95. The van der Waals surface area contributed by atoms with Gasteiger partial charge in [-0.3, -0.25) is 4.68 Å². The van der Waals surface area contributed by atoms with E-state index >= 15 is 0 Å². The minimum atomic E-state index is 0.613. The van der Waals surface area contributed by atoms with Crippen LogP contribution in [0.15, 0.2) is 60.1 Å². The zero-order chi connectivity index (χ0) is 18.2. The van der Waals surface area contributed by atoms with Gasteiger partial charge in [0.15, 0.2) is 5.96 Å².